The second kappa shape index (κ2) is 9.57. The first-order valence-electron chi connectivity index (χ1n) is 9.92. The van der Waals surface area contributed by atoms with Gasteiger partial charge in [0.05, 0.1) is 17.0 Å². The van der Waals surface area contributed by atoms with Gasteiger partial charge in [0.2, 0.25) is 21.8 Å². The lowest BCUT2D eigenvalue weighted by molar-refractivity contribution is -0.137. The van der Waals surface area contributed by atoms with E-state index in [9.17, 15) is 21.6 Å². The summed E-state index contributed by atoms with van der Waals surface area (Å²) in [6, 6.07) is 18.9. The summed E-state index contributed by atoms with van der Waals surface area (Å²) in [5, 5.41) is 8.39. The third-order valence-electron chi connectivity index (χ3n) is 4.87. The first-order chi connectivity index (χ1) is 16.1. The van der Waals surface area contributed by atoms with E-state index in [1.54, 1.807) is 54.6 Å². The highest BCUT2D eigenvalue weighted by Crippen LogP contribution is 2.32. The van der Waals surface area contributed by atoms with E-state index in [-0.39, 0.29) is 24.9 Å². The Morgan fingerprint density at radius 1 is 0.882 bits per heavy atom. The van der Waals surface area contributed by atoms with Gasteiger partial charge >= 0.3 is 6.18 Å². The van der Waals surface area contributed by atoms with Crippen molar-refractivity contribution in [2.45, 2.75) is 24.2 Å². The lowest BCUT2D eigenvalue weighted by atomic mass is 10.2. The smallest absolute Gasteiger partial charge is 0.416 e. The van der Waals surface area contributed by atoms with Crippen LogP contribution in [0.4, 0.5) is 13.2 Å². The fourth-order valence-corrected chi connectivity index (χ4v) is 4.72. The molecule has 0 amide bonds. The van der Waals surface area contributed by atoms with Crippen LogP contribution in [0.2, 0.25) is 5.02 Å². The van der Waals surface area contributed by atoms with Gasteiger partial charge in [0, 0.05) is 17.1 Å². The minimum atomic E-state index is -4.68. The summed E-state index contributed by atoms with van der Waals surface area (Å²) in [7, 11) is -4.35. The fourth-order valence-electron chi connectivity index (χ4n) is 3.17. The molecule has 0 N–H and O–H groups in total. The number of rotatable bonds is 7. The maximum atomic E-state index is 13.4. The van der Waals surface area contributed by atoms with Crippen molar-refractivity contribution in [2.75, 3.05) is 0 Å². The van der Waals surface area contributed by atoms with Crippen molar-refractivity contribution in [2.24, 2.45) is 0 Å². The van der Waals surface area contributed by atoms with Crippen molar-refractivity contribution in [3.63, 3.8) is 0 Å². The molecule has 4 rings (SSSR count). The lowest BCUT2D eigenvalue weighted by Gasteiger charge is -2.21. The van der Waals surface area contributed by atoms with E-state index in [4.69, 9.17) is 16.0 Å². The Morgan fingerprint density at radius 2 is 1.59 bits per heavy atom. The van der Waals surface area contributed by atoms with Crippen molar-refractivity contribution in [3.05, 3.63) is 101 Å². The van der Waals surface area contributed by atoms with Gasteiger partial charge in [-0.15, -0.1) is 10.2 Å². The fraction of sp³-hybridized carbons (Fsp3) is 0.130. The zero-order valence-electron chi connectivity index (χ0n) is 17.4. The van der Waals surface area contributed by atoms with Gasteiger partial charge in [-0.25, -0.2) is 8.42 Å². The second-order valence-electron chi connectivity index (χ2n) is 7.29. The number of benzene rings is 3. The summed E-state index contributed by atoms with van der Waals surface area (Å²) in [6.45, 7) is -0.452. The van der Waals surface area contributed by atoms with E-state index in [0.717, 1.165) is 22.5 Å². The Bertz CT molecular complexity index is 1380. The zero-order chi connectivity index (χ0) is 24.3. The van der Waals surface area contributed by atoms with Gasteiger partial charge in [-0.1, -0.05) is 48.0 Å². The molecule has 0 fully saturated rings. The van der Waals surface area contributed by atoms with Gasteiger partial charge in [-0.05, 0) is 48.0 Å². The molecular weight excluding hydrogens is 491 g/mol. The average Bonchev–Trinajstić information content (AvgIpc) is 3.28. The maximum absolute atomic E-state index is 13.4. The van der Waals surface area contributed by atoms with Gasteiger partial charge in [0.1, 0.15) is 0 Å². The molecule has 0 saturated heterocycles. The molecule has 0 radical (unpaired) electrons. The molecule has 0 atom stereocenters. The van der Waals surface area contributed by atoms with E-state index in [2.05, 4.69) is 10.2 Å². The summed E-state index contributed by atoms with van der Waals surface area (Å²) in [6.07, 6.45) is -4.68. The largest absolute Gasteiger partial charge is 0.419 e. The Labute approximate surface area is 198 Å². The lowest BCUT2D eigenvalue weighted by Crippen LogP contribution is -2.30. The van der Waals surface area contributed by atoms with Crippen molar-refractivity contribution < 1.29 is 26.0 Å². The highest BCUT2D eigenvalue weighted by atomic mass is 35.5. The second-order valence-corrected chi connectivity index (χ2v) is 9.67. The Morgan fingerprint density at radius 3 is 2.26 bits per heavy atom. The number of hydrogen-bond donors (Lipinski definition) is 0. The predicted molar refractivity (Wildman–Crippen MR) is 119 cm³/mol. The third-order valence-corrected chi connectivity index (χ3v) is 6.91. The molecule has 0 aliphatic carbocycles. The van der Waals surface area contributed by atoms with Crippen molar-refractivity contribution in [1.29, 1.82) is 0 Å². The average molecular weight is 508 g/mol. The van der Waals surface area contributed by atoms with Crippen LogP contribution in [-0.2, 0) is 29.3 Å². The minimum Gasteiger partial charge on any atom is -0.419 e. The molecule has 1 heterocycles. The van der Waals surface area contributed by atoms with Crippen LogP contribution >= 0.6 is 11.6 Å². The Balaban J connectivity index is 1.68. The Kier molecular flexibility index (Phi) is 6.74. The number of alkyl halides is 3. The molecule has 0 bridgehead atoms. The number of sulfonamides is 1. The van der Waals surface area contributed by atoms with Crippen LogP contribution in [0.3, 0.4) is 0 Å². The molecule has 1 aromatic heterocycles. The van der Waals surface area contributed by atoms with Crippen molar-refractivity contribution in [1.82, 2.24) is 14.5 Å². The summed E-state index contributed by atoms with van der Waals surface area (Å²) in [5.41, 5.74) is 0.157. The van der Waals surface area contributed by atoms with E-state index < -0.39 is 26.7 Å². The Hall–Kier alpha value is -3.21. The van der Waals surface area contributed by atoms with E-state index >= 15 is 0 Å². The molecule has 0 saturated carbocycles. The molecular formula is C23H17ClF3N3O3S. The van der Waals surface area contributed by atoms with Crippen LogP contribution in [0.25, 0.3) is 11.5 Å². The summed E-state index contributed by atoms with van der Waals surface area (Å²) in [4.78, 5) is -0.490. The van der Waals surface area contributed by atoms with Crippen LogP contribution in [0.1, 0.15) is 17.0 Å². The van der Waals surface area contributed by atoms with Gasteiger partial charge in [0.15, 0.2) is 0 Å². The van der Waals surface area contributed by atoms with Crippen LogP contribution in [0.15, 0.2) is 88.2 Å². The molecule has 3 aromatic carbocycles. The first-order valence-corrected chi connectivity index (χ1v) is 11.7. The van der Waals surface area contributed by atoms with Gasteiger partial charge < -0.3 is 4.42 Å². The van der Waals surface area contributed by atoms with Gasteiger partial charge in [-0.2, -0.15) is 17.5 Å². The van der Waals surface area contributed by atoms with E-state index in [0.29, 0.717) is 22.2 Å². The molecule has 11 heteroatoms. The molecule has 34 heavy (non-hydrogen) atoms. The third kappa shape index (κ3) is 5.46. The predicted octanol–water partition coefficient (Wildman–Crippen LogP) is 5.80. The summed E-state index contributed by atoms with van der Waals surface area (Å²) < 4.78 is 73.0. The standard InChI is InChI=1S/C23H17ClF3N3O3S/c24-19-11-9-17(10-12-19)22-29-28-21(33-22)15-30(14-16-5-2-1-3-6-16)34(31,32)20-8-4-7-18(13-20)23(25,26)27/h1-13H,14-15H2. The molecule has 0 aliphatic rings. The van der Waals surface area contributed by atoms with Crippen molar-refractivity contribution in [3.8, 4) is 11.5 Å². The normalized spacial score (nSPS) is 12.3. The molecule has 0 unspecified atom stereocenters. The van der Waals surface area contributed by atoms with Gasteiger partial charge in [0.25, 0.3) is 0 Å². The highest BCUT2D eigenvalue weighted by Gasteiger charge is 2.33. The van der Waals surface area contributed by atoms with E-state index in [1.807, 2.05) is 0 Å². The number of halogens is 4. The summed E-state index contributed by atoms with van der Waals surface area (Å²) in [5.74, 6) is 0.138. The number of hydrogen-bond acceptors (Lipinski definition) is 5. The van der Waals surface area contributed by atoms with Crippen LogP contribution in [-0.4, -0.2) is 22.9 Å². The minimum absolute atomic E-state index is 0.0172. The van der Waals surface area contributed by atoms with Crippen LogP contribution in [0, 0.1) is 0 Å². The number of aromatic nitrogens is 2. The van der Waals surface area contributed by atoms with Crippen LogP contribution < -0.4 is 0 Å². The molecule has 0 spiro atoms. The monoisotopic (exact) mass is 507 g/mol. The summed E-state index contributed by atoms with van der Waals surface area (Å²) >= 11 is 5.89. The topological polar surface area (TPSA) is 76.3 Å². The zero-order valence-corrected chi connectivity index (χ0v) is 19.0. The number of nitrogens with zero attached hydrogens (tertiary/aromatic N) is 3. The highest BCUT2D eigenvalue weighted by molar-refractivity contribution is 7.89. The molecule has 0 aliphatic heterocycles. The SMILES string of the molecule is O=S(=O)(c1cccc(C(F)(F)F)c1)N(Cc1ccccc1)Cc1nnc(-c2ccc(Cl)cc2)o1. The molecule has 6 nitrogen and oxygen atoms in total. The van der Waals surface area contributed by atoms with E-state index in [1.165, 1.54) is 0 Å². The van der Waals surface area contributed by atoms with Crippen LogP contribution in [0.5, 0.6) is 0 Å². The molecule has 4 aromatic rings. The van der Waals surface area contributed by atoms with Crippen molar-refractivity contribution >= 4 is 21.6 Å². The van der Waals surface area contributed by atoms with Gasteiger partial charge in [-0.3, -0.25) is 0 Å². The molecule has 176 valence electrons. The first kappa shape index (κ1) is 23.9. The quantitative estimate of drug-likeness (QED) is 0.316. The maximum Gasteiger partial charge on any atom is 0.416 e.